The van der Waals surface area contributed by atoms with Crippen molar-refractivity contribution < 1.29 is 4.79 Å². The van der Waals surface area contributed by atoms with E-state index in [0.717, 1.165) is 26.2 Å². The van der Waals surface area contributed by atoms with Gasteiger partial charge in [0.1, 0.15) is 0 Å². The molecule has 0 spiro atoms. The molecule has 6 heteroatoms. The standard InChI is InChI=1S/C15H23ClN4O/c1-11(2)20-7-5-19(6-8-20)10-15(21)18-14-9-12(16)3-4-13(14)17/h3-4,9,11H,5-8,10,17H2,1-2H3,(H,18,21). The van der Waals surface area contributed by atoms with Crippen molar-refractivity contribution in [2.75, 3.05) is 43.8 Å². The molecule has 1 aromatic rings. The van der Waals surface area contributed by atoms with Gasteiger partial charge in [-0.25, -0.2) is 0 Å². The number of rotatable bonds is 4. The van der Waals surface area contributed by atoms with Gasteiger partial charge in [0.2, 0.25) is 5.91 Å². The van der Waals surface area contributed by atoms with Crippen LogP contribution >= 0.6 is 11.6 Å². The minimum atomic E-state index is -0.0537. The smallest absolute Gasteiger partial charge is 0.238 e. The highest BCUT2D eigenvalue weighted by molar-refractivity contribution is 6.31. The first-order valence-corrected chi connectivity index (χ1v) is 7.65. The maximum atomic E-state index is 12.1. The third kappa shape index (κ3) is 4.59. The largest absolute Gasteiger partial charge is 0.397 e. The van der Waals surface area contributed by atoms with Crippen molar-refractivity contribution in [1.82, 2.24) is 9.80 Å². The molecule has 1 aliphatic heterocycles. The lowest BCUT2D eigenvalue weighted by atomic mass is 10.2. The number of carbonyl (C=O) groups excluding carboxylic acids is 1. The molecule has 1 aliphatic rings. The molecule has 2 rings (SSSR count). The molecule has 1 saturated heterocycles. The molecule has 1 fully saturated rings. The van der Waals surface area contributed by atoms with Crippen molar-refractivity contribution in [1.29, 1.82) is 0 Å². The third-order valence-corrected chi connectivity index (χ3v) is 4.03. The number of anilines is 2. The summed E-state index contributed by atoms with van der Waals surface area (Å²) in [6.07, 6.45) is 0. The fraction of sp³-hybridized carbons (Fsp3) is 0.533. The van der Waals surface area contributed by atoms with Crippen LogP contribution < -0.4 is 11.1 Å². The monoisotopic (exact) mass is 310 g/mol. The fourth-order valence-corrected chi connectivity index (χ4v) is 2.64. The molecular weight excluding hydrogens is 288 g/mol. The van der Waals surface area contributed by atoms with Crippen molar-refractivity contribution in [3.05, 3.63) is 23.2 Å². The van der Waals surface area contributed by atoms with Crippen LogP contribution in [-0.2, 0) is 4.79 Å². The molecule has 0 unspecified atom stereocenters. The summed E-state index contributed by atoms with van der Waals surface area (Å²) in [6, 6.07) is 5.63. The van der Waals surface area contributed by atoms with Crippen LogP contribution in [0.5, 0.6) is 0 Å². The molecule has 0 radical (unpaired) electrons. The van der Waals surface area contributed by atoms with Crippen LogP contribution in [0, 0.1) is 0 Å². The Morgan fingerprint density at radius 3 is 2.62 bits per heavy atom. The molecule has 1 amide bonds. The second kappa shape index (κ2) is 7.11. The van der Waals surface area contributed by atoms with Crippen molar-refractivity contribution in [2.24, 2.45) is 0 Å². The van der Waals surface area contributed by atoms with Crippen molar-refractivity contribution in [3.8, 4) is 0 Å². The second-order valence-electron chi connectivity index (χ2n) is 5.69. The highest BCUT2D eigenvalue weighted by Gasteiger charge is 2.20. The molecule has 1 heterocycles. The topological polar surface area (TPSA) is 61.6 Å². The van der Waals surface area contributed by atoms with Gasteiger partial charge in [-0.2, -0.15) is 0 Å². The van der Waals surface area contributed by atoms with E-state index in [4.69, 9.17) is 17.3 Å². The highest BCUT2D eigenvalue weighted by atomic mass is 35.5. The van der Waals surface area contributed by atoms with Gasteiger partial charge < -0.3 is 11.1 Å². The average molecular weight is 311 g/mol. The minimum Gasteiger partial charge on any atom is -0.397 e. The molecule has 5 nitrogen and oxygen atoms in total. The zero-order valence-electron chi connectivity index (χ0n) is 12.6. The minimum absolute atomic E-state index is 0.0537. The number of nitrogens with two attached hydrogens (primary N) is 1. The molecule has 116 valence electrons. The fourth-order valence-electron chi connectivity index (χ4n) is 2.47. The predicted octanol–water partition coefficient (Wildman–Crippen LogP) is 1.89. The Hall–Kier alpha value is -1.30. The first kappa shape index (κ1) is 16.1. The lowest BCUT2D eigenvalue weighted by molar-refractivity contribution is -0.117. The van der Waals surface area contributed by atoms with E-state index in [1.54, 1.807) is 18.2 Å². The van der Waals surface area contributed by atoms with E-state index in [2.05, 4.69) is 29.0 Å². The highest BCUT2D eigenvalue weighted by Crippen LogP contribution is 2.22. The Bertz CT molecular complexity index is 498. The number of hydrogen-bond donors (Lipinski definition) is 2. The van der Waals surface area contributed by atoms with Crippen LogP contribution in [0.4, 0.5) is 11.4 Å². The number of nitrogens with zero attached hydrogens (tertiary/aromatic N) is 2. The summed E-state index contributed by atoms with van der Waals surface area (Å²) in [7, 11) is 0. The lowest BCUT2D eigenvalue weighted by Crippen LogP contribution is -2.50. The summed E-state index contributed by atoms with van der Waals surface area (Å²) >= 11 is 5.92. The SMILES string of the molecule is CC(C)N1CCN(CC(=O)Nc2cc(Cl)ccc2N)CC1. The zero-order chi connectivity index (χ0) is 15.4. The van der Waals surface area contributed by atoms with Crippen molar-refractivity contribution in [3.63, 3.8) is 0 Å². The van der Waals surface area contributed by atoms with Gasteiger partial charge in [-0.15, -0.1) is 0 Å². The Kier molecular flexibility index (Phi) is 5.45. The van der Waals surface area contributed by atoms with Crippen LogP contribution in [0.15, 0.2) is 18.2 Å². The second-order valence-corrected chi connectivity index (χ2v) is 6.12. The van der Waals surface area contributed by atoms with Crippen LogP contribution in [0.25, 0.3) is 0 Å². The summed E-state index contributed by atoms with van der Waals surface area (Å²) in [5, 5.41) is 3.39. The van der Waals surface area contributed by atoms with Crippen LogP contribution in [-0.4, -0.2) is 54.5 Å². The van der Waals surface area contributed by atoms with Crippen LogP contribution in [0.3, 0.4) is 0 Å². The van der Waals surface area contributed by atoms with Crippen LogP contribution in [0.2, 0.25) is 5.02 Å². The zero-order valence-corrected chi connectivity index (χ0v) is 13.4. The Labute approximate surface area is 131 Å². The summed E-state index contributed by atoms with van der Waals surface area (Å²) in [4.78, 5) is 16.7. The van der Waals surface area contributed by atoms with Crippen molar-refractivity contribution in [2.45, 2.75) is 19.9 Å². The molecular formula is C15H23ClN4O. The van der Waals surface area contributed by atoms with E-state index in [1.165, 1.54) is 0 Å². The molecule has 0 aliphatic carbocycles. The first-order chi connectivity index (χ1) is 9.95. The Balaban J connectivity index is 1.84. The molecule has 3 N–H and O–H groups in total. The molecule has 1 aromatic carbocycles. The Morgan fingerprint density at radius 2 is 2.00 bits per heavy atom. The van der Waals surface area contributed by atoms with E-state index < -0.39 is 0 Å². The quantitative estimate of drug-likeness (QED) is 0.834. The number of benzene rings is 1. The summed E-state index contributed by atoms with van der Waals surface area (Å²) < 4.78 is 0. The normalized spacial score (nSPS) is 17.1. The predicted molar refractivity (Wildman–Crippen MR) is 87.6 cm³/mol. The third-order valence-electron chi connectivity index (χ3n) is 3.79. The van der Waals surface area contributed by atoms with Gasteiger partial charge in [0.15, 0.2) is 0 Å². The lowest BCUT2D eigenvalue weighted by Gasteiger charge is -2.36. The van der Waals surface area contributed by atoms with Gasteiger partial charge in [0.05, 0.1) is 17.9 Å². The average Bonchev–Trinajstić information content (AvgIpc) is 2.43. The maximum absolute atomic E-state index is 12.1. The molecule has 21 heavy (non-hydrogen) atoms. The molecule has 0 saturated carbocycles. The number of hydrogen-bond acceptors (Lipinski definition) is 4. The first-order valence-electron chi connectivity index (χ1n) is 7.27. The van der Waals surface area contributed by atoms with E-state index >= 15 is 0 Å². The molecule has 0 aromatic heterocycles. The summed E-state index contributed by atoms with van der Waals surface area (Å²) in [5.41, 5.74) is 6.93. The number of amides is 1. The number of halogens is 1. The summed E-state index contributed by atoms with van der Waals surface area (Å²) in [6.45, 7) is 8.62. The van der Waals surface area contributed by atoms with Crippen molar-refractivity contribution >= 4 is 28.9 Å². The molecule has 0 bridgehead atoms. The van der Waals surface area contributed by atoms with Gasteiger partial charge in [0.25, 0.3) is 0 Å². The number of piperazine rings is 1. The van der Waals surface area contributed by atoms with Crippen LogP contribution in [0.1, 0.15) is 13.8 Å². The van der Waals surface area contributed by atoms with Gasteiger partial charge >= 0.3 is 0 Å². The Morgan fingerprint density at radius 1 is 1.33 bits per heavy atom. The van der Waals surface area contributed by atoms with Gasteiger partial charge in [-0.3, -0.25) is 14.6 Å². The van der Waals surface area contributed by atoms with Gasteiger partial charge in [-0.05, 0) is 32.0 Å². The van der Waals surface area contributed by atoms with Gasteiger partial charge in [-0.1, -0.05) is 11.6 Å². The van der Waals surface area contributed by atoms with Gasteiger partial charge in [0, 0.05) is 37.2 Å². The molecule has 0 atom stereocenters. The number of nitrogen functional groups attached to an aromatic ring is 1. The summed E-state index contributed by atoms with van der Waals surface area (Å²) in [5.74, 6) is -0.0537. The number of carbonyl (C=O) groups is 1. The van der Waals surface area contributed by atoms with E-state index in [-0.39, 0.29) is 5.91 Å². The number of nitrogens with one attached hydrogen (secondary N) is 1. The maximum Gasteiger partial charge on any atom is 0.238 e. The van der Waals surface area contributed by atoms with E-state index in [0.29, 0.717) is 29.0 Å². The van der Waals surface area contributed by atoms with E-state index in [9.17, 15) is 4.79 Å². The van der Waals surface area contributed by atoms with E-state index in [1.807, 2.05) is 0 Å².